The quantitative estimate of drug-likeness (QED) is 0.792. The van der Waals surface area contributed by atoms with Crippen LogP contribution >= 0.6 is 0 Å². The number of anilines is 1. The van der Waals surface area contributed by atoms with Gasteiger partial charge in [0.15, 0.2) is 0 Å². The van der Waals surface area contributed by atoms with Crippen LogP contribution in [0.5, 0.6) is 0 Å². The first kappa shape index (κ1) is 16.7. The van der Waals surface area contributed by atoms with Crippen molar-refractivity contribution in [3.63, 3.8) is 0 Å². The van der Waals surface area contributed by atoms with Gasteiger partial charge in [0.25, 0.3) is 5.91 Å². The molecule has 0 aliphatic carbocycles. The molecule has 0 bridgehead atoms. The van der Waals surface area contributed by atoms with E-state index in [0.717, 1.165) is 5.56 Å². The molecule has 0 aliphatic heterocycles. The molecular formula is C18H20N2O3. The van der Waals surface area contributed by atoms with Crippen LogP contribution in [0.2, 0.25) is 0 Å². The Labute approximate surface area is 135 Å². The maximum absolute atomic E-state index is 12.1. The predicted molar refractivity (Wildman–Crippen MR) is 89.1 cm³/mol. The highest BCUT2D eigenvalue weighted by atomic mass is 16.3. The fraction of sp³-hybridized carbons (Fsp3) is 0.222. The average Bonchev–Trinajstić information content (AvgIpc) is 2.54. The fourth-order valence-corrected chi connectivity index (χ4v) is 2.16. The lowest BCUT2D eigenvalue weighted by molar-refractivity contribution is -0.114. The van der Waals surface area contributed by atoms with E-state index in [-0.39, 0.29) is 18.4 Å². The van der Waals surface area contributed by atoms with E-state index >= 15 is 0 Å². The molecule has 5 nitrogen and oxygen atoms in total. The summed E-state index contributed by atoms with van der Waals surface area (Å²) < 4.78 is 0. The second kappa shape index (κ2) is 7.07. The van der Waals surface area contributed by atoms with E-state index in [1.807, 2.05) is 30.3 Å². The predicted octanol–water partition coefficient (Wildman–Crippen LogP) is 2.28. The minimum atomic E-state index is -1.15. The van der Waals surface area contributed by atoms with Gasteiger partial charge in [-0.25, -0.2) is 0 Å². The van der Waals surface area contributed by atoms with Crippen LogP contribution in [0.3, 0.4) is 0 Å². The maximum Gasteiger partial charge on any atom is 0.251 e. The van der Waals surface area contributed by atoms with Crippen LogP contribution in [0.1, 0.15) is 29.8 Å². The molecule has 0 aliphatic rings. The molecule has 0 saturated heterocycles. The summed E-state index contributed by atoms with van der Waals surface area (Å²) in [4.78, 5) is 23.1. The molecule has 2 rings (SSSR count). The van der Waals surface area contributed by atoms with Gasteiger partial charge in [0.05, 0.1) is 6.54 Å². The zero-order chi connectivity index (χ0) is 16.9. The molecule has 0 heterocycles. The van der Waals surface area contributed by atoms with Gasteiger partial charge in [-0.3, -0.25) is 9.59 Å². The molecule has 1 unspecified atom stereocenters. The summed E-state index contributed by atoms with van der Waals surface area (Å²) in [5.41, 5.74) is 0.683. The van der Waals surface area contributed by atoms with E-state index in [1.165, 1.54) is 6.92 Å². The largest absolute Gasteiger partial charge is 0.384 e. The molecule has 23 heavy (non-hydrogen) atoms. The van der Waals surface area contributed by atoms with Gasteiger partial charge >= 0.3 is 0 Å². The molecule has 0 aromatic heterocycles. The Balaban J connectivity index is 1.98. The Morgan fingerprint density at radius 3 is 2.22 bits per heavy atom. The SMILES string of the molecule is CC(=O)Nc1ccc(C(=O)NCC(C)(O)c2ccccc2)cc1. The summed E-state index contributed by atoms with van der Waals surface area (Å²) >= 11 is 0. The molecule has 2 aromatic rings. The van der Waals surface area contributed by atoms with Gasteiger partial charge in [-0.2, -0.15) is 0 Å². The maximum atomic E-state index is 12.1. The first-order valence-electron chi connectivity index (χ1n) is 7.32. The summed E-state index contributed by atoms with van der Waals surface area (Å²) in [6.45, 7) is 3.18. The van der Waals surface area contributed by atoms with Gasteiger partial charge in [-0.15, -0.1) is 0 Å². The first-order chi connectivity index (χ1) is 10.9. The van der Waals surface area contributed by atoms with Crippen LogP contribution in [0.25, 0.3) is 0 Å². The number of rotatable bonds is 5. The van der Waals surface area contributed by atoms with Crippen LogP contribution in [0, 0.1) is 0 Å². The van der Waals surface area contributed by atoms with E-state index in [9.17, 15) is 14.7 Å². The Morgan fingerprint density at radius 1 is 1.04 bits per heavy atom. The van der Waals surface area contributed by atoms with Crippen LogP contribution in [-0.2, 0) is 10.4 Å². The highest BCUT2D eigenvalue weighted by Crippen LogP contribution is 2.19. The van der Waals surface area contributed by atoms with Crippen LogP contribution in [-0.4, -0.2) is 23.5 Å². The molecule has 2 amide bonds. The lowest BCUT2D eigenvalue weighted by atomic mass is 9.96. The molecule has 0 fully saturated rings. The van der Waals surface area contributed by atoms with Gasteiger partial charge in [-0.05, 0) is 36.8 Å². The smallest absolute Gasteiger partial charge is 0.251 e. The number of carbonyl (C=O) groups excluding carboxylic acids is 2. The number of hydrogen-bond acceptors (Lipinski definition) is 3. The Kier molecular flexibility index (Phi) is 5.13. The third-order valence-electron chi connectivity index (χ3n) is 3.46. The topological polar surface area (TPSA) is 78.4 Å². The average molecular weight is 312 g/mol. The van der Waals surface area contributed by atoms with Gasteiger partial charge in [0.2, 0.25) is 5.91 Å². The van der Waals surface area contributed by atoms with Crippen LogP contribution in [0.4, 0.5) is 5.69 Å². The second-order valence-corrected chi connectivity index (χ2v) is 5.58. The third-order valence-corrected chi connectivity index (χ3v) is 3.46. The summed E-state index contributed by atoms with van der Waals surface area (Å²) in [5, 5.41) is 15.8. The first-order valence-corrected chi connectivity index (χ1v) is 7.32. The van der Waals surface area contributed by atoms with E-state index in [4.69, 9.17) is 0 Å². The van der Waals surface area contributed by atoms with Crippen molar-refractivity contribution in [2.75, 3.05) is 11.9 Å². The van der Waals surface area contributed by atoms with Gasteiger partial charge < -0.3 is 15.7 Å². The van der Waals surface area contributed by atoms with E-state index in [1.54, 1.807) is 31.2 Å². The van der Waals surface area contributed by atoms with E-state index in [0.29, 0.717) is 11.3 Å². The number of benzene rings is 2. The lowest BCUT2D eigenvalue weighted by Crippen LogP contribution is -2.38. The Hall–Kier alpha value is -2.66. The fourth-order valence-electron chi connectivity index (χ4n) is 2.16. The minimum Gasteiger partial charge on any atom is -0.384 e. The Bertz CT molecular complexity index is 679. The zero-order valence-electron chi connectivity index (χ0n) is 13.2. The van der Waals surface area contributed by atoms with Gasteiger partial charge in [0.1, 0.15) is 5.60 Å². The van der Waals surface area contributed by atoms with Crippen molar-refractivity contribution >= 4 is 17.5 Å². The van der Waals surface area contributed by atoms with E-state index in [2.05, 4.69) is 10.6 Å². The molecule has 5 heteroatoms. The molecule has 3 N–H and O–H groups in total. The monoisotopic (exact) mass is 312 g/mol. The van der Waals surface area contributed by atoms with Crippen molar-refractivity contribution in [1.82, 2.24) is 5.32 Å². The van der Waals surface area contributed by atoms with Gasteiger partial charge in [-0.1, -0.05) is 30.3 Å². The summed E-state index contributed by atoms with van der Waals surface area (Å²) in [6, 6.07) is 15.7. The number of hydrogen-bond donors (Lipinski definition) is 3. The van der Waals surface area contributed by atoms with Gasteiger partial charge in [0, 0.05) is 18.2 Å². The molecule has 1 atom stereocenters. The highest BCUT2D eigenvalue weighted by Gasteiger charge is 2.23. The summed E-state index contributed by atoms with van der Waals surface area (Å²) in [6.07, 6.45) is 0. The van der Waals surface area contributed by atoms with Crippen molar-refractivity contribution < 1.29 is 14.7 Å². The number of aliphatic hydroxyl groups is 1. The van der Waals surface area contributed by atoms with Crippen molar-refractivity contribution in [3.05, 3.63) is 65.7 Å². The van der Waals surface area contributed by atoms with Crippen molar-refractivity contribution in [3.8, 4) is 0 Å². The molecular weight excluding hydrogens is 292 g/mol. The van der Waals surface area contributed by atoms with Crippen molar-refractivity contribution in [2.24, 2.45) is 0 Å². The van der Waals surface area contributed by atoms with Crippen molar-refractivity contribution in [2.45, 2.75) is 19.4 Å². The lowest BCUT2D eigenvalue weighted by Gasteiger charge is -2.24. The third kappa shape index (κ3) is 4.66. The van der Waals surface area contributed by atoms with Crippen molar-refractivity contribution in [1.29, 1.82) is 0 Å². The summed E-state index contributed by atoms with van der Waals surface area (Å²) in [7, 11) is 0. The second-order valence-electron chi connectivity index (χ2n) is 5.58. The number of amides is 2. The molecule has 2 aromatic carbocycles. The number of nitrogens with one attached hydrogen (secondary N) is 2. The molecule has 120 valence electrons. The standard InChI is InChI=1S/C18H20N2O3/c1-13(21)20-16-10-8-14(9-11-16)17(22)19-12-18(2,23)15-6-4-3-5-7-15/h3-11,23H,12H2,1-2H3,(H,19,22)(H,20,21). The zero-order valence-corrected chi connectivity index (χ0v) is 13.2. The Morgan fingerprint density at radius 2 is 1.65 bits per heavy atom. The molecule has 0 radical (unpaired) electrons. The highest BCUT2D eigenvalue weighted by molar-refractivity contribution is 5.95. The molecule has 0 spiro atoms. The normalized spacial score (nSPS) is 13.0. The summed E-state index contributed by atoms with van der Waals surface area (Å²) in [5.74, 6) is -0.448. The number of carbonyl (C=O) groups is 2. The van der Waals surface area contributed by atoms with Crippen LogP contribution < -0.4 is 10.6 Å². The van der Waals surface area contributed by atoms with E-state index < -0.39 is 5.60 Å². The molecule has 0 saturated carbocycles. The minimum absolute atomic E-state index is 0.100. The van der Waals surface area contributed by atoms with Crippen LogP contribution in [0.15, 0.2) is 54.6 Å².